The maximum absolute atomic E-state index is 6.10. The van der Waals surface area contributed by atoms with E-state index in [1.54, 1.807) is 0 Å². The van der Waals surface area contributed by atoms with E-state index in [-0.39, 0.29) is 0 Å². The second kappa shape index (κ2) is 5.30. The molecule has 16 heavy (non-hydrogen) atoms. The molecule has 0 saturated carbocycles. The molecule has 1 aromatic heterocycles. The molecule has 0 aliphatic heterocycles. The lowest BCUT2D eigenvalue weighted by Crippen LogP contribution is -1.83. The minimum atomic E-state index is 0.665. The van der Waals surface area contributed by atoms with Crippen LogP contribution in [0, 0.1) is 11.2 Å². The van der Waals surface area contributed by atoms with Crippen LogP contribution in [0.5, 0.6) is 0 Å². The third kappa shape index (κ3) is 2.17. The van der Waals surface area contributed by atoms with Crippen molar-refractivity contribution in [2.24, 2.45) is 0 Å². The van der Waals surface area contributed by atoms with Crippen LogP contribution in [0.3, 0.4) is 0 Å². The first kappa shape index (κ1) is 12.1. The number of aromatic amines is 1. The molecule has 0 atom stereocenters. The Kier molecular flexibility index (Phi) is 4.00. The summed E-state index contributed by atoms with van der Waals surface area (Å²) in [5.74, 6) is 3.11. The zero-order valence-electron chi connectivity index (χ0n) is 8.47. The Labute approximate surface area is 115 Å². The number of rotatable bonds is 1. The van der Waals surface area contributed by atoms with Crippen LogP contribution in [0.2, 0.25) is 5.02 Å². The Bertz CT molecular complexity index is 583. The topological polar surface area (TPSA) is 28.7 Å². The Morgan fingerprint density at radius 2 is 2.38 bits per heavy atom. The molecular weight excluding hydrogens is 355 g/mol. The van der Waals surface area contributed by atoms with Crippen molar-refractivity contribution in [3.8, 4) is 11.2 Å². The molecule has 2 aromatic rings. The van der Waals surface area contributed by atoms with Crippen LogP contribution in [-0.4, -0.2) is 10.2 Å². The minimum absolute atomic E-state index is 0.665. The molecule has 1 heterocycles. The summed E-state index contributed by atoms with van der Waals surface area (Å²) in [6.07, 6.45) is 0.892. The van der Waals surface area contributed by atoms with Crippen LogP contribution in [0.15, 0.2) is 12.1 Å². The summed E-state index contributed by atoms with van der Waals surface area (Å²) < 4.78 is 0. The predicted octanol–water partition coefficient (Wildman–Crippen LogP) is 4.17. The van der Waals surface area contributed by atoms with Crippen molar-refractivity contribution in [2.75, 3.05) is 0 Å². The molecule has 0 radical (unpaired) electrons. The van der Waals surface area contributed by atoms with Crippen LogP contribution in [0.1, 0.15) is 18.2 Å². The van der Waals surface area contributed by atoms with Gasteiger partial charge in [-0.15, -0.1) is 0 Å². The van der Waals surface area contributed by atoms with Crippen LogP contribution >= 0.6 is 41.7 Å². The molecule has 82 valence electrons. The summed E-state index contributed by atoms with van der Waals surface area (Å²) in [5.41, 5.74) is 2.87. The van der Waals surface area contributed by atoms with Gasteiger partial charge in [-0.05, 0) is 32.7 Å². The number of nitrogens with zero attached hydrogens (tertiary/aromatic N) is 1. The maximum atomic E-state index is 6.10. The number of nitrogens with one attached hydrogen (secondary N) is 1. The summed E-state index contributed by atoms with van der Waals surface area (Å²) in [7, 11) is 1.47. The largest absolute Gasteiger partial charge is 0.281 e. The fraction of sp³-hybridized carbons (Fsp3) is 0.182. The minimum Gasteiger partial charge on any atom is -0.281 e. The SMILES string of the molecule is CCc1[nH]nc2c(Cl)ccc(C#CSI)c12. The van der Waals surface area contributed by atoms with Gasteiger partial charge in [0, 0.05) is 37.8 Å². The summed E-state index contributed by atoms with van der Waals surface area (Å²) in [4.78, 5) is 0. The summed E-state index contributed by atoms with van der Waals surface area (Å²) in [5, 5.41) is 11.9. The van der Waals surface area contributed by atoms with Gasteiger partial charge in [-0.25, -0.2) is 0 Å². The molecule has 0 unspecified atom stereocenters. The number of hydrogen-bond donors (Lipinski definition) is 1. The smallest absolute Gasteiger partial charge is 0.112 e. The predicted molar refractivity (Wildman–Crippen MR) is 79.0 cm³/mol. The number of hydrogen-bond acceptors (Lipinski definition) is 2. The maximum Gasteiger partial charge on any atom is 0.112 e. The number of aryl methyl sites for hydroxylation is 1. The fourth-order valence-electron chi connectivity index (χ4n) is 1.59. The van der Waals surface area contributed by atoms with Crippen LogP contribution in [0.25, 0.3) is 10.9 Å². The number of H-pyrrole nitrogens is 1. The van der Waals surface area contributed by atoms with Crippen LogP contribution in [-0.2, 0) is 6.42 Å². The molecule has 5 heteroatoms. The first-order chi connectivity index (χ1) is 7.77. The summed E-state index contributed by atoms with van der Waals surface area (Å²) >= 11 is 8.25. The van der Waals surface area contributed by atoms with E-state index in [0.29, 0.717) is 5.02 Å². The molecule has 0 spiro atoms. The van der Waals surface area contributed by atoms with Crippen LogP contribution < -0.4 is 0 Å². The van der Waals surface area contributed by atoms with E-state index in [4.69, 9.17) is 11.6 Å². The second-order valence-corrected chi connectivity index (χ2v) is 5.27. The highest BCUT2D eigenvalue weighted by Crippen LogP contribution is 2.27. The molecule has 1 aromatic carbocycles. The molecule has 0 fully saturated rings. The van der Waals surface area contributed by atoms with Crippen molar-refractivity contribution in [2.45, 2.75) is 13.3 Å². The lowest BCUT2D eigenvalue weighted by molar-refractivity contribution is 0.988. The third-order valence-electron chi connectivity index (χ3n) is 2.31. The standard InChI is InChI=1S/C11H8ClIN2S/c1-2-9-10-7(5-6-16-13)3-4-8(12)11(10)15-14-9/h3-4H,2H2,1H3,(H,14,15). The van der Waals surface area contributed by atoms with Crippen molar-refractivity contribution in [1.29, 1.82) is 0 Å². The number of halogens is 2. The molecule has 2 nitrogen and oxygen atoms in total. The molecule has 2 rings (SSSR count). The van der Waals surface area contributed by atoms with Gasteiger partial charge in [-0.3, -0.25) is 5.10 Å². The lowest BCUT2D eigenvalue weighted by Gasteiger charge is -1.98. The molecule has 0 saturated heterocycles. The van der Waals surface area contributed by atoms with Gasteiger partial charge in [0.1, 0.15) is 5.52 Å². The number of aromatic nitrogens is 2. The number of benzene rings is 1. The van der Waals surface area contributed by atoms with E-state index in [0.717, 1.165) is 28.6 Å². The van der Waals surface area contributed by atoms with E-state index in [9.17, 15) is 0 Å². The van der Waals surface area contributed by atoms with Gasteiger partial charge in [0.05, 0.1) is 5.02 Å². The van der Waals surface area contributed by atoms with E-state index in [1.165, 1.54) is 8.93 Å². The van der Waals surface area contributed by atoms with Gasteiger partial charge in [0.15, 0.2) is 0 Å². The molecule has 0 aliphatic carbocycles. The van der Waals surface area contributed by atoms with Crippen molar-refractivity contribution >= 4 is 52.6 Å². The average Bonchev–Trinajstić information content (AvgIpc) is 2.73. The molecule has 0 bridgehead atoms. The van der Waals surface area contributed by atoms with E-state index in [1.807, 2.05) is 12.1 Å². The Morgan fingerprint density at radius 1 is 1.56 bits per heavy atom. The van der Waals surface area contributed by atoms with E-state index < -0.39 is 0 Å². The lowest BCUT2D eigenvalue weighted by atomic mass is 10.1. The van der Waals surface area contributed by atoms with E-state index in [2.05, 4.69) is 49.5 Å². The first-order valence-electron chi connectivity index (χ1n) is 4.72. The quantitative estimate of drug-likeness (QED) is 0.609. The fourth-order valence-corrected chi connectivity index (χ4v) is 2.27. The normalized spacial score (nSPS) is 10.2. The average molecular weight is 363 g/mol. The zero-order valence-corrected chi connectivity index (χ0v) is 12.2. The van der Waals surface area contributed by atoms with Gasteiger partial charge in [-0.1, -0.05) is 24.4 Å². The highest BCUT2D eigenvalue weighted by molar-refractivity contribution is 14.2. The first-order valence-corrected chi connectivity index (χ1v) is 8.45. The Balaban J connectivity index is 2.73. The van der Waals surface area contributed by atoms with Crippen molar-refractivity contribution < 1.29 is 0 Å². The van der Waals surface area contributed by atoms with Crippen molar-refractivity contribution in [3.05, 3.63) is 28.4 Å². The molecule has 0 aliphatic rings. The highest BCUT2D eigenvalue weighted by atomic mass is 127. The Hall–Kier alpha value is -0.380. The van der Waals surface area contributed by atoms with Crippen molar-refractivity contribution in [1.82, 2.24) is 10.2 Å². The van der Waals surface area contributed by atoms with Gasteiger partial charge in [0.25, 0.3) is 0 Å². The van der Waals surface area contributed by atoms with Crippen LogP contribution in [0.4, 0.5) is 0 Å². The van der Waals surface area contributed by atoms with Crippen molar-refractivity contribution in [3.63, 3.8) is 0 Å². The summed E-state index contributed by atoms with van der Waals surface area (Å²) in [6.45, 7) is 2.08. The molecule has 0 amide bonds. The molecule has 1 N–H and O–H groups in total. The molecular formula is C11H8ClIN2S. The van der Waals surface area contributed by atoms with Gasteiger partial charge in [0.2, 0.25) is 0 Å². The Morgan fingerprint density at radius 3 is 3.06 bits per heavy atom. The van der Waals surface area contributed by atoms with Gasteiger partial charge < -0.3 is 0 Å². The second-order valence-electron chi connectivity index (χ2n) is 3.18. The van der Waals surface area contributed by atoms with Gasteiger partial charge in [-0.2, -0.15) is 5.10 Å². The highest BCUT2D eigenvalue weighted by Gasteiger charge is 2.10. The monoisotopic (exact) mass is 362 g/mol. The van der Waals surface area contributed by atoms with Gasteiger partial charge >= 0.3 is 0 Å². The summed E-state index contributed by atoms with van der Waals surface area (Å²) in [6, 6.07) is 3.78. The zero-order chi connectivity index (χ0) is 11.5. The number of fused-ring (bicyclic) bond motifs is 1. The third-order valence-corrected chi connectivity index (χ3v) is 3.46. The van der Waals surface area contributed by atoms with E-state index >= 15 is 0 Å².